The van der Waals surface area contributed by atoms with Crippen molar-refractivity contribution in [2.75, 3.05) is 18.4 Å². The summed E-state index contributed by atoms with van der Waals surface area (Å²) in [4.78, 5) is 32.0. The van der Waals surface area contributed by atoms with Crippen LogP contribution in [0.25, 0.3) is 11.1 Å². The molecule has 194 valence electrons. The molecule has 2 aromatic carbocycles. The molecule has 8 heteroatoms. The summed E-state index contributed by atoms with van der Waals surface area (Å²) < 4.78 is 1.81. The highest BCUT2D eigenvalue weighted by molar-refractivity contribution is 6.29. The second-order valence-corrected chi connectivity index (χ2v) is 10.0. The Balaban J connectivity index is 1.23. The number of rotatable bonds is 6. The van der Waals surface area contributed by atoms with Gasteiger partial charge in [-0.3, -0.25) is 14.3 Å². The van der Waals surface area contributed by atoms with Crippen molar-refractivity contribution >= 4 is 29.1 Å². The van der Waals surface area contributed by atoms with Crippen LogP contribution in [-0.2, 0) is 13.5 Å². The Morgan fingerprint density at radius 2 is 1.71 bits per heavy atom. The summed E-state index contributed by atoms with van der Waals surface area (Å²) in [7, 11) is 1.92. The van der Waals surface area contributed by atoms with E-state index in [4.69, 9.17) is 11.6 Å². The van der Waals surface area contributed by atoms with Gasteiger partial charge < -0.3 is 10.2 Å². The van der Waals surface area contributed by atoms with Gasteiger partial charge in [0.1, 0.15) is 5.15 Å². The minimum Gasteiger partial charge on any atom is -0.339 e. The molecule has 1 aliphatic heterocycles. The molecule has 1 N–H and O–H groups in total. The molecule has 2 aromatic heterocycles. The number of halogens is 1. The maximum absolute atomic E-state index is 13.4. The minimum atomic E-state index is -0.288. The first-order valence-corrected chi connectivity index (χ1v) is 13.2. The van der Waals surface area contributed by atoms with E-state index in [2.05, 4.69) is 39.7 Å². The van der Waals surface area contributed by atoms with Gasteiger partial charge in [-0.25, -0.2) is 4.98 Å². The Kier molecular flexibility index (Phi) is 7.56. The number of carbonyl (C=O) groups excluding carboxylic acids is 2. The number of carbonyl (C=O) groups is 2. The molecule has 1 saturated heterocycles. The molecule has 7 nitrogen and oxygen atoms in total. The molecule has 2 amide bonds. The lowest BCUT2D eigenvalue weighted by molar-refractivity contribution is 0.0712. The lowest BCUT2D eigenvalue weighted by Crippen LogP contribution is -2.38. The van der Waals surface area contributed by atoms with Gasteiger partial charge in [-0.1, -0.05) is 48.9 Å². The van der Waals surface area contributed by atoms with Crippen LogP contribution in [0.5, 0.6) is 0 Å². The van der Waals surface area contributed by atoms with E-state index in [1.807, 2.05) is 43.4 Å². The highest BCUT2D eigenvalue weighted by Gasteiger charge is 2.25. The van der Waals surface area contributed by atoms with Gasteiger partial charge in [-0.2, -0.15) is 5.10 Å². The number of nitrogens with one attached hydrogen (secondary N) is 1. The van der Waals surface area contributed by atoms with E-state index in [-0.39, 0.29) is 11.8 Å². The smallest absolute Gasteiger partial charge is 0.257 e. The van der Waals surface area contributed by atoms with Crippen molar-refractivity contribution in [1.82, 2.24) is 19.7 Å². The first kappa shape index (κ1) is 25.7. The van der Waals surface area contributed by atoms with E-state index >= 15 is 0 Å². The van der Waals surface area contributed by atoms with Crippen molar-refractivity contribution < 1.29 is 9.59 Å². The summed E-state index contributed by atoms with van der Waals surface area (Å²) in [6.07, 6.45) is 7.88. The Morgan fingerprint density at radius 3 is 2.34 bits per heavy atom. The zero-order chi connectivity index (χ0) is 26.6. The number of benzene rings is 2. The Bertz CT molecular complexity index is 1440. The summed E-state index contributed by atoms with van der Waals surface area (Å²) >= 11 is 5.84. The number of aromatic nitrogens is 3. The van der Waals surface area contributed by atoms with Gasteiger partial charge in [0.05, 0.1) is 11.8 Å². The summed E-state index contributed by atoms with van der Waals surface area (Å²) in [5.74, 6) is 0.123. The molecule has 0 aliphatic carbocycles. The SMILES string of the molecule is CCc1ccc(C(=O)N2CCC(c3ccc(-c4cnn(C)c4)cc3)CC2)cc1NC(=O)c1ccc(Cl)nc1. The Morgan fingerprint density at radius 1 is 0.974 bits per heavy atom. The maximum atomic E-state index is 13.4. The minimum absolute atomic E-state index is 0.0123. The number of anilines is 1. The maximum Gasteiger partial charge on any atom is 0.257 e. The molecule has 4 aromatic rings. The first-order chi connectivity index (χ1) is 18.4. The van der Waals surface area contributed by atoms with E-state index in [9.17, 15) is 9.59 Å². The first-order valence-electron chi connectivity index (χ1n) is 12.9. The molecule has 0 saturated carbocycles. The molecule has 0 spiro atoms. The van der Waals surface area contributed by atoms with Crippen molar-refractivity contribution in [3.63, 3.8) is 0 Å². The third-order valence-electron chi connectivity index (χ3n) is 7.18. The summed E-state index contributed by atoms with van der Waals surface area (Å²) in [5, 5.41) is 7.52. The van der Waals surface area contributed by atoms with E-state index in [0.29, 0.717) is 41.0 Å². The standard InChI is InChI=1S/C30H30ClN5O2/c1-3-20-4-9-24(16-27(20)34-29(37)25-10-11-28(31)32-17-25)30(38)36-14-12-23(13-15-36)21-5-7-22(8-6-21)26-18-33-35(2)19-26/h4-11,16-19,23H,3,12-15H2,1-2H3,(H,34,37). The fourth-order valence-electron chi connectivity index (χ4n) is 4.96. The van der Waals surface area contributed by atoms with Crippen LogP contribution in [0.1, 0.15) is 57.5 Å². The number of hydrogen-bond acceptors (Lipinski definition) is 4. The van der Waals surface area contributed by atoms with Gasteiger partial charge in [0.2, 0.25) is 0 Å². The molecule has 0 unspecified atom stereocenters. The van der Waals surface area contributed by atoms with Crippen molar-refractivity contribution in [3.8, 4) is 11.1 Å². The molecule has 1 fully saturated rings. The quantitative estimate of drug-likeness (QED) is 0.313. The van der Waals surface area contributed by atoms with Crippen LogP contribution in [0.2, 0.25) is 5.15 Å². The number of likely N-dealkylation sites (tertiary alicyclic amines) is 1. The van der Waals surface area contributed by atoms with E-state index in [0.717, 1.165) is 36.0 Å². The number of piperidine rings is 1. The predicted molar refractivity (Wildman–Crippen MR) is 150 cm³/mol. The monoisotopic (exact) mass is 527 g/mol. The summed E-state index contributed by atoms with van der Waals surface area (Å²) in [6, 6.07) is 17.4. The average molecular weight is 528 g/mol. The fourth-order valence-corrected chi connectivity index (χ4v) is 5.07. The normalized spacial score (nSPS) is 13.9. The fraction of sp³-hybridized carbons (Fsp3) is 0.267. The van der Waals surface area contributed by atoms with E-state index in [1.54, 1.807) is 22.9 Å². The van der Waals surface area contributed by atoms with Gasteiger partial charge in [0.25, 0.3) is 11.8 Å². The number of hydrogen-bond donors (Lipinski definition) is 1. The number of pyridine rings is 1. The van der Waals surface area contributed by atoms with Crippen molar-refractivity contribution in [3.05, 3.63) is 101 Å². The zero-order valence-electron chi connectivity index (χ0n) is 21.5. The molecule has 0 radical (unpaired) electrons. The highest BCUT2D eigenvalue weighted by atomic mass is 35.5. The van der Waals surface area contributed by atoms with Crippen LogP contribution in [0, 0.1) is 0 Å². The summed E-state index contributed by atoms with van der Waals surface area (Å²) in [6.45, 7) is 3.41. The molecular weight excluding hydrogens is 498 g/mol. The van der Waals surface area contributed by atoms with Gasteiger partial charge >= 0.3 is 0 Å². The van der Waals surface area contributed by atoms with Gasteiger partial charge in [-0.05, 0) is 66.1 Å². The second-order valence-electron chi connectivity index (χ2n) is 9.64. The Hall–Kier alpha value is -3.97. The van der Waals surface area contributed by atoms with Crippen molar-refractivity contribution in [1.29, 1.82) is 0 Å². The topological polar surface area (TPSA) is 80.1 Å². The van der Waals surface area contributed by atoms with Crippen LogP contribution < -0.4 is 5.32 Å². The Labute approximate surface area is 227 Å². The third-order valence-corrected chi connectivity index (χ3v) is 7.40. The van der Waals surface area contributed by atoms with E-state index in [1.165, 1.54) is 11.8 Å². The van der Waals surface area contributed by atoms with Crippen molar-refractivity contribution in [2.45, 2.75) is 32.1 Å². The van der Waals surface area contributed by atoms with E-state index < -0.39 is 0 Å². The van der Waals surface area contributed by atoms with Crippen LogP contribution in [0.4, 0.5) is 5.69 Å². The number of aryl methyl sites for hydroxylation is 2. The van der Waals surface area contributed by atoms with Crippen LogP contribution in [0.3, 0.4) is 0 Å². The van der Waals surface area contributed by atoms with Gasteiger partial charge in [0, 0.05) is 49.3 Å². The molecule has 5 rings (SSSR count). The van der Waals surface area contributed by atoms with Crippen LogP contribution >= 0.6 is 11.6 Å². The second kappa shape index (κ2) is 11.2. The molecule has 3 heterocycles. The van der Waals surface area contributed by atoms with Crippen LogP contribution in [0.15, 0.2) is 73.2 Å². The highest BCUT2D eigenvalue weighted by Crippen LogP contribution is 2.31. The molecular formula is C30H30ClN5O2. The number of amides is 2. The zero-order valence-corrected chi connectivity index (χ0v) is 22.3. The van der Waals surface area contributed by atoms with Gasteiger partial charge in [-0.15, -0.1) is 0 Å². The molecule has 38 heavy (non-hydrogen) atoms. The van der Waals surface area contributed by atoms with Crippen molar-refractivity contribution in [2.24, 2.45) is 7.05 Å². The predicted octanol–water partition coefficient (Wildman–Crippen LogP) is 5.97. The molecule has 0 bridgehead atoms. The van der Waals surface area contributed by atoms with Crippen LogP contribution in [-0.4, -0.2) is 44.6 Å². The summed E-state index contributed by atoms with van der Waals surface area (Å²) in [5.41, 5.74) is 6.15. The molecule has 0 atom stereocenters. The largest absolute Gasteiger partial charge is 0.339 e. The lowest BCUT2D eigenvalue weighted by atomic mass is 9.88. The lowest BCUT2D eigenvalue weighted by Gasteiger charge is -2.32. The number of nitrogens with zero attached hydrogens (tertiary/aromatic N) is 4. The van der Waals surface area contributed by atoms with Gasteiger partial charge in [0.15, 0.2) is 0 Å². The third kappa shape index (κ3) is 5.63. The molecule has 1 aliphatic rings. The average Bonchev–Trinajstić information content (AvgIpc) is 3.39.